The molecule has 0 radical (unpaired) electrons. The Balaban J connectivity index is 2.04. The molecule has 0 saturated heterocycles. The van der Waals surface area contributed by atoms with E-state index in [2.05, 4.69) is 4.98 Å². The summed E-state index contributed by atoms with van der Waals surface area (Å²) >= 11 is 0. The lowest BCUT2D eigenvalue weighted by Gasteiger charge is -2.06. The van der Waals surface area contributed by atoms with E-state index >= 15 is 0 Å². The van der Waals surface area contributed by atoms with E-state index in [9.17, 15) is 25.2 Å². The standard InChI is InChI=1S/C19H15NO5/c1-10(21)13-6-7-15(22)19-14(13)5-4-12(20-19)3-2-11-8-17(24)18(25)9-16(11)23/h2-9,22-25H,1H3/b3-2+. The minimum atomic E-state index is -0.417. The molecule has 2 aromatic carbocycles. The summed E-state index contributed by atoms with van der Waals surface area (Å²) in [6, 6.07) is 8.58. The van der Waals surface area contributed by atoms with Crippen LogP contribution in [0.4, 0.5) is 0 Å². The molecule has 0 spiro atoms. The van der Waals surface area contributed by atoms with Crippen molar-refractivity contribution >= 4 is 28.8 Å². The summed E-state index contributed by atoms with van der Waals surface area (Å²) in [5.74, 6) is -1.14. The number of fused-ring (bicyclic) bond motifs is 1. The van der Waals surface area contributed by atoms with Crippen molar-refractivity contribution in [1.29, 1.82) is 0 Å². The highest BCUT2D eigenvalue weighted by Gasteiger charge is 2.10. The molecule has 6 heteroatoms. The number of hydrogen-bond acceptors (Lipinski definition) is 6. The van der Waals surface area contributed by atoms with E-state index in [0.717, 1.165) is 6.07 Å². The highest BCUT2D eigenvalue weighted by atomic mass is 16.3. The number of carbonyl (C=O) groups excluding carboxylic acids is 1. The smallest absolute Gasteiger partial charge is 0.161 e. The number of carbonyl (C=O) groups is 1. The Kier molecular flexibility index (Phi) is 4.02. The largest absolute Gasteiger partial charge is 0.507 e. The maximum atomic E-state index is 11.7. The Labute approximate surface area is 142 Å². The van der Waals surface area contributed by atoms with Crippen LogP contribution in [0, 0.1) is 0 Å². The van der Waals surface area contributed by atoms with Gasteiger partial charge in [0, 0.05) is 22.6 Å². The number of ketones is 1. The first-order valence-electron chi connectivity index (χ1n) is 7.43. The molecule has 6 nitrogen and oxygen atoms in total. The predicted molar refractivity (Wildman–Crippen MR) is 93.8 cm³/mol. The Morgan fingerprint density at radius 2 is 1.60 bits per heavy atom. The van der Waals surface area contributed by atoms with Gasteiger partial charge < -0.3 is 20.4 Å². The van der Waals surface area contributed by atoms with E-state index in [1.807, 2.05) is 0 Å². The topological polar surface area (TPSA) is 111 Å². The fourth-order valence-electron chi connectivity index (χ4n) is 2.51. The molecule has 126 valence electrons. The average molecular weight is 337 g/mol. The van der Waals surface area contributed by atoms with Gasteiger partial charge in [0.25, 0.3) is 0 Å². The van der Waals surface area contributed by atoms with Gasteiger partial charge in [0.1, 0.15) is 17.0 Å². The van der Waals surface area contributed by atoms with Crippen LogP contribution in [0.2, 0.25) is 0 Å². The zero-order valence-corrected chi connectivity index (χ0v) is 13.3. The summed E-state index contributed by atoms with van der Waals surface area (Å²) in [7, 11) is 0. The molecular formula is C19H15NO5. The lowest BCUT2D eigenvalue weighted by atomic mass is 10.0. The highest BCUT2D eigenvalue weighted by Crippen LogP contribution is 2.33. The Morgan fingerprint density at radius 3 is 2.32 bits per heavy atom. The first-order valence-corrected chi connectivity index (χ1v) is 7.43. The van der Waals surface area contributed by atoms with Gasteiger partial charge in [-0.3, -0.25) is 4.79 Å². The van der Waals surface area contributed by atoms with Gasteiger partial charge in [-0.15, -0.1) is 0 Å². The van der Waals surface area contributed by atoms with Crippen LogP contribution in [-0.2, 0) is 0 Å². The quantitative estimate of drug-likeness (QED) is 0.331. The first-order chi connectivity index (χ1) is 11.9. The van der Waals surface area contributed by atoms with Crippen LogP contribution in [0.25, 0.3) is 23.1 Å². The van der Waals surface area contributed by atoms with Gasteiger partial charge in [0.2, 0.25) is 0 Å². The van der Waals surface area contributed by atoms with Crippen molar-refractivity contribution in [3.8, 4) is 23.0 Å². The number of phenols is 4. The lowest BCUT2D eigenvalue weighted by molar-refractivity contribution is 0.101. The molecule has 1 heterocycles. The molecule has 0 aliphatic rings. The molecule has 0 aliphatic heterocycles. The van der Waals surface area contributed by atoms with Gasteiger partial charge in [-0.05, 0) is 49.4 Å². The molecular weight excluding hydrogens is 322 g/mol. The molecule has 3 rings (SSSR count). The zero-order valence-electron chi connectivity index (χ0n) is 13.3. The Hall–Kier alpha value is -3.54. The zero-order chi connectivity index (χ0) is 18.1. The molecule has 25 heavy (non-hydrogen) atoms. The van der Waals surface area contributed by atoms with Crippen LogP contribution in [-0.4, -0.2) is 31.2 Å². The number of aromatic nitrogens is 1. The third-order valence-electron chi connectivity index (χ3n) is 3.79. The van der Waals surface area contributed by atoms with Crippen molar-refractivity contribution in [2.75, 3.05) is 0 Å². The normalized spacial score (nSPS) is 11.2. The minimum absolute atomic E-state index is 0.0413. The van der Waals surface area contributed by atoms with Gasteiger partial charge in [-0.1, -0.05) is 0 Å². The third-order valence-corrected chi connectivity index (χ3v) is 3.79. The monoisotopic (exact) mass is 337 g/mol. The Morgan fingerprint density at radius 1 is 0.880 bits per heavy atom. The number of pyridine rings is 1. The maximum Gasteiger partial charge on any atom is 0.161 e. The summed E-state index contributed by atoms with van der Waals surface area (Å²) in [6.07, 6.45) is 3.08. The van der Waals surface area contributed by atoms with Crippen LogP contribution >= 0.6 is 0 Å². The van der Waals surface area contributed by atoms with Gasteiger partial charge in [-0.2, -0.15) is 0 Å². The van der Waals surface area contributed by atoms with E-state index < -0.39 is 5.75 Å². The second kappa shape index (κ2) is 6.16. The van der Waals surface area contributed by atoms with Crippen LogP contribution < -0.4 is 0 Å². The molecule has 0 atom stereocenters. The maximum absolute atomic E-state index is 11.7. The number of hydrogen-bond donors (Lipinski definition) is 4. The predicted octanol–water partition coefficient (Wildman–Crippen LogP) is 3.43. The number of aromatic hydroxyl groups is 4. The SMILES string of the molecule is CC(=O)c1ccc(O)c2nc(/C=C/c3cc(O)c(O)cc3O)ccc12. The third kappa shape index (κ3) is 3.10. The molecule has 0 aliphatic carbocycles. The summed E-state index contributed by atoms with van der Waals surface area (Å²) in [4.78, 5) is 16.0. The highest BCUT2D eigenvalue weighted by molar-refractivity contribution is 6.07. The molecule has 0 saturated carbocycles. The summed E-state index contributed by atoms with van der Waals surface area (Å²) in [6.45, 7) is 1.44. The average Bonchev–Trinajstić information content (AvgIpc) is 2.57. The summed E-state index contributed by atoms with van der Waals surface area (Å²) < 4.78 is 0. The van der Waals surface area contributed by atoms with Crippen molar-refractivity contribution in [3.05, 3.63) is 53.2 Å². The number of nitrogens with zero attached hydrogens (tertiary/aromatic N) is 1. The molecule has 0 fully saturated rings. The van der Waals surface area contributed by atoms with E-state index in [-0.39, 0.29) is 23.0 Å². The number of rotatable bonds is 3. The van der Waals surface area contributed by atoms with E-state index in [4.69, 9.17) is 0 Å². The van der Waals surface area contributed by atoms with E-state index in [1.54, 1.807) is 24.3 Å². The molecule has 1 aromatic heterocycles. The first kappa shape index (κ1) is 16.3. The minimum Gasteiger partial charge on any atom is -0.507 e. The molecule has 4 N–H and O–H groups in total. The molecule has 0 unspecified atom stereocenters. The second-order valence-corrected chi connectivity index (χ2v) is 5.55. The fourth-order valence-corrected chi connectivity index (χ4v) is 2.51. The van der Waals surface area contributed by atoms with Gasteiger partial charge in [0.05, 0.1) is 5.69 Å². The van der Waals surface area contributed by atoms with Crippen molar-refractivity contribution in [3.63, 3.8) is 0 Å². The van der Waals surface area contributed by atoms with Crippen molar-refractivity contribution in [2.45, 2.75) is 6.92 Å². The number of phenolic OH excluding ortho intramolecular Hbond substituents is 4. The van der Waals surface area contributed by atoms with E-state index in [1.165, 1.54) is 25.1 Å². The molecule has 0 bridgehead atoms. The van der Waals surface area contributed by atoms with Crippen molar-refractivity contribution < 1.29 is 25.2 Å². The molecule has 3 aromatic rings. The van der Waals surface area contributed by atoms with Crippen molar-refractivity contribution in [1.82, 2.24) is 4.98 Å². The Bertz CT molecular complexity index is 1020. The van der Waals surface area contributed by atoms with Crippen molar-refractivity contribution in [2.24, 2.45) is 0 Å². The molecule has 0 amide bonds. The second-order valence-electron chi connectivity index (χ2n) is 5.55. The summed E-state index contributed by atoms with van der Waals surface area (Å²) in [5.41, 5.74) is 1.54. The van der Waals surface area contributed by atoms with Crippen LogP contribution in [0.1, 0.15) is 28.5 Å². The van der Waals surface area contributed by atoms with Crippen LogP contribution in [0.3, 0.4) is 0 Å². The fraction of sp³-hybridized carbons (Fsp3) is 0.0526. The summed E-state index contributed by atoms with van der Waals surface area (Å²) in [5, 5.41) is 39.2. The van der Waals surface area contributed by atoms with Crippen LogP contribution in [0.15, 0.2) is 36.4 Å². The van der Waals surface area contributed by atoms with Crippen LogP contribution in [0.5, 0.6) is 23.0 Å². The number of Topliss-reactive ketones (excluding diaryl/α,β-unsaturated/α-hetero) is 1. The van der Waals surface area contributed by atoms with Gasteiger partial charge in [-0.25, -0.2) is 4.98 Å². The van der Waals surface area contributed by atoms with Gasteiger partial charge >= 0.3 is 0 Å². The number of benzene rings is 2. The lowest BCUT2D eigenvalue weighted by Crippen LogP contribution is -1.95. The van der Waals surface area contributed by atoms with Gasteiger partial charge in [0.15, 0.2) is 17.3 Å². The van der Waals surface area contributed by atoms with E-state index in [0.29, 0.717) is 27.7 Å².